The maximum atomic E-state index is 11.9. The summed E-state index contributed by atoms with van der Waals surface area (Å²) in [6.07, 6.45) is 0. The Morgan fingerprint density at radius 1 is 1.09 bits per heavy atom. The van der Waals surface area contributed by atoms with E-state index in [-0.39, 0.29) is 5.91 Å². The van der Waals surface area contributed by atoms with Gasteiger partial charge in [0.25, 0.3) is 5.91 Å². The van der Waals surface area contributed by atoms with Gasteiger partial charge in [0.1, 0.15) is 5.82 Å². The van der Waals surface area contributed by atoms with Crippen molar-refractivity contribution in [1.29, 1.82) is 0 Å². The molecule has 6 heteroatoms. The molecule has 1 aromatic heterocycles. The number of amides is 1. The van der Waals surface area contributed by atoms with E-state index in [9.17, 15) is 4.79 Å². The molecule has 0 aliphatic heterocycles. The first-order valence-electron chi connectivity index (χ1n) is 7.19. The van der Waals surface area contributed by atoms with Crippen LogP contribution in [-0.2, 0) is 6.54 Å². The summed E-state index contributed by atoms with van der Waals surface area (Å²) in [5.74, 6) is 0.442. The summed E-state index contributed by atoms with van der Waals surface area (Å²) in [6.45, 7) is 2.04. The average molecular weight is 299 g/mol. The quantitative estimate of drug-likeness (QED) is 0.808. The van der Waals surface area contributed by atoms with Crippen molar-refractivity contribution in [3.05, 3.63) is 53.7 Å². The van der Waals surface area contributed by atoms with E-state index in [1.165, 1.54) is 0 Å². The van der Waals surface area contributed by atoms with Gasteiger partial charge < -0.3 is 15.5 Å². The molecule has 0 saturated carbocycles. The van der Waals surface area contributed by atoms with Crippen molar-refractivity contribution in [3.8, 4) is 0 Å². The Morgan fingerprint density at radius 2 is 1.86 bits per heavy atom. The van der Waals surface area contributed by atoms with Gasteiger partial charge >= 0.3 is 0 Å². The van der Waals surface area contributed by atoms with Gasteiger partial charge in [-0.2, -0.15) is 0 Å². The Hall–Kier alpha value is -2.47. The van der Waals surface area contributed by atoms with Gasteiger partial charge in [0, 0.05) is 19.6 Å². The molecule has 1 amide bonds. The van der Waals surface area contributed by atoms with Crippen molar-refractivity contribution < 1.29 is 4.79 Å². The Bertz CT molecular complexity index is 583. The molecule has 2 rings (SSSR count). The van der Waals surface area contributed by atoms with Gasteiger partial charge in [0.15, 0.2) is 5.69 Å². The SMILES string of the molecule is CN(C)CCNC(=O)c1ccc(NCc2ccccc2)nn1. The highest BCUT2D eigenvalue weighted by atomic mass is 16.1. The molecule has 2 aromatic rings. The molecule has 0 atom stereocenters. The molecule has 0 unspecified atom stereocenters. The van der Waals surface area contributed by atoms with Crippen molar-refractivity contribution in [2.75, 3.05) is 32.5 Å². The van der Waals surface area contributed by atoms with Crippen molar-refractivity contribution in [1.82, 2.24) is 20.4 Å². The van der Waals surface area contributed by atoms with E-state index in [2.05, 4.69) is 20.8 Å². The van der Waals surface area contributed by atoms with Crippen LogP contribution in [-0.4, -0.2) is 48.2 Å². The van der Waals surface area contributed by atoms with Crippen LogP contribution >= 0.6 is 0 Å². The van der Waals surface area contributed by atoms with Gasteiger partial charge in [0.05, 0.1) is 0 Å². The Balaban J connectivity index is 1.83. The maximum Gasteiger partial charge on any atom is 0.271 e. The zero-order chi connectivity index (χ0) is 15.8. The standard InChI is InChI=1S/C16H21N5O/c1-21(2)11-10-17-16(22)14-8-9-15(20-19-14)18-12-13-6-4-3-5-7-13/h3-9H,10-12H2,1-2H3,(H,17,22)(H,18,20). The van der Waals surface area contributed by atoms with Crippen LogP contribution in [0.4, 0.5) is 5.82 Å². The lowest BCUT2D eigenvalue weighted by Crippen LogP contribution is -2.31. The Kier molecular flexibility index (Phi) is 5.85. The van der Waals surface area contributed by atoms with Crippen LogP contribution < -0.4 is 10.6 Å². The van der Waals surface area contributed by atoms with Gasteiger partial charge in [-0.25, -0.2) is 0 Å². The molecule has 0 bridgehead atoms. The van der Waals surface area contributed by atoms with Crippen LogP contribution in [0.25, 0.3) is 0 Å². The fourth-order valence-corrected chi connectivity index (χ4v) is 1.82. The normalized spacial score (nSPS) is 10.5. The number of hydrogen-bond donors (Lipinski definition) is 2. The highest BCUT2D eigenvalue weighted by molar-refractivity contribution is 5.92. The van der Waals surface area contributed by atoms with Gasteiger partial charge in [-0.1, -0.05) is 30.3 Å². The van der Waals surface area contributed by atoms with Crippen molar-refractivity contribution >= 4 is 11.7 Å². The van der Waals surface area contributed by atoms with Gasteiger partial charge in [0.2, 0.25) is 0 Å². The number of aromatic nitrogens is 2. The lowest BCUT2D eigenvalue weighted by molar-refractivity contribution is 0.0945. The van der Waals surface area contributed by atoms with Gasteiger partial charge in [-0.05, 0) is 31.8 Å². The van der Waals surface area contributed by atoms with E-state index in [0.717, 1.165) is 12.1 Å². The number of nitrogens with one attached hydrogen (secondary N) is 2. The minimum absolute atomic E-state index is 0.205. The molecule has 22 heavy (non-hydrogen) atoms. The summed E-state index contributed by atoms with van der Waals surface area (Å²) >= 11 is 0. The molecule has 0 aliphatic rings. The molecular weight excluding hydrogens is 278 g/mol. The number of benzene rings is 1. The van der Waals surface area contributed by atoms with E-state index in [4.69, 9.17) is 0 Å². The smallest absolute Gasteiger partial charge is 0.271 e. The summed E-state index contributed by atoms with van der Waals surface area (Å²) in [6, 6.07) is 13.5. The van der Waals surface area contributed by atoms with Crippen LogP contribution in [0, 0.1) is 0 Å². The minimum Gasteiger partial charge on any atom is -0.365 e. The third-order valence-electron chi connectivity index (χ3n) is 3.06. The molecule has 116 valence electrons. The van der Waals surface area contributed by atoms with Crippen molar-refractivity contribution in [2.24, 2.45) is 0 Å². The molecule has 0 saturated heterocycles. The number of likely N-dealkylation sites (N-methyl/N-ethyl adjacent to an activating group) is 1. The molecule has 0 radical (unpaired) electrons. The molecule has 6 nitrogen and oxygen atoms in total. The second-order valence-electron chi connectivity index (χ2n) is 5.20. The average Bonchev–Trinajstić information content (AvgIpc) is 2.54. The number of carbonyl (C=O) groups is 1. The first-order chi connectivity index (χ1) is 10.6. The largest absolute Gasteiger partial charge is 0.365 e. The maximum absolute atomic E-state index is 11.9. The number of hydrogen-bond acceptors (Lipinski definition) is 5. The number of nitrogens with zero attached hydrogens (tertiary/aromatic N) is 3. The van der Waals surface area contributed by atoms with Crippen LogP contribution in [0.3, 0.4) is 0 Å². The zero-order valence-corrected chi connectivity index (χ0v) is 12.9. The van der Waals surface area contributed by atoms with E-state index < -0.39 is 0 Å². The first-order valence-corrected chi connectivity index (χ1v) is 7.19. The molecule has 1 aromatic carbocycles. The molecule has 2 N–H and O–H groups in total. The third-order valence-corrected chi connectivity index (χ3v) is 3.06. The van der Waals surface area contributed by atoms with E-state index >= 15 is 0 Å². The molecule has 1 heterocycles. The first kappa shape index (κ1) is 15.9. The monoisotopic (exact) mass is 299 g/mol. The van der Waals surface area contributed by atoms with Crippen LogP contribution in [0.1, 0.15) is 16.1 Å². The zero-order valence-electron chi connectivity index (χ0n) is 12.9. The molecular formula is C16H21N5O. The predicted molar refractivity (Wildman–Crippen MR) is 86.7 cm³/mol. The summed E-state index contributed by atoms with van der Waals surface area (Å²) < 4.78 is 0. The third kappa shape index (κ3) is 5.14. The fraction of sp³-hybridized carbons (Fsp3) is 0.312. The molecule has 0 fully saturated rings. The number of rotatable bonds is 7. The molecule has 0 spiro atoms. The Morgan fingerprint density at radius 3 is 2.50 bits per heavy atom. The number of carbonyl (C=O) groups excluding carboxylic acids is 1. The van der Waals surface area contributed by atoms with Crippen LogP contribution in [0.5, 0.6) is 0 Å². The second-order valence-corrected chi connectivity index (χ2v) is 5.20. The summed E-state index contributed by atoms with van der Waals surface area (Å²) in [5, 5.41) is 14.0. The lowest BCUT2D eigenvalue weighted by Gasteiger charge is -2.10. The van der Waals surface area contributed by atoms with Crippen LogP contribution in [0.2, 0.25) is 0 Å². The van der Waals surface area contributed by atoms with Gasteiger partial charge in [-0.15, -0.1) is 10.2 Å². The van der Waals surface area contributed by atoms with E-state index in [0.29, 0.717) is 24.6 Å². The van der Waals surface area contributed by atoms with Crippen molar-refractivity contribution in [3.63, 3.8) is 0 Å². The van der Waals surface area contributed by atoms with Crippen LogP contribution in [0.15, 0.2) is 42.5 Å². The Labute approximate surface area is 130 Å². The minimum atomic E-state index is -0.205. The molecule has 0 aliphatic carbocycles. The fourth-order valence-electron chi connectivity index (χ4n) is 1.82. The lowest BCUT2D eigenvalue weighted by atomic mass is 10.2. The summed E-state index contributed by atoms with van der Waals surface area (Å²) in [4.78, 5) is 13.9. The summed E-state index contributed by atoms with van der Waals surface area (Å²) in [7, 11) is 3.92. The predicted octanol–water partition coefficient (Wildman–Crippen LogP) is 1.38. The highest BCUT2D eigenvalue weighted by Gasteiger charge is 2.07. The van der Waals surface area contributed by atoms with Crippen molar-refractivity contribution in [2.45, 2.75) is 6.54 Å². The van der Waals surface area contributed by atoms with E-state index in [1.54, 1.807) is 12.1 Å². The highest BCUT2D eigenvalue weighted by Crippen LogP contribution is 2.05. The topological polar surface area (TPSA) is 70.2 Å². The number of anilines is 1. The van der Waals surface area contributed by atoms with Gasteiger partial charge in [-0.3, -0.25) is 4.79 Å². The summed E-state index contributed by atoms with van der Waals surface area (Å²) in [5.41, 5.74) is 1.49. The van der Waals surface area contributed by atoms with E-state index in [1.807, 2.05) is 49.3 Å². The second kappa shape index (κ2) is 8.09.